The molecule has 0 aromatic heterocycles. The number of nitrogens with two attached hydrogens (primary N) is 1. The van der Waals surface area contributed by atoms with Gasteiger partial charge in [0.2, 0.25) is 0 Å². The zero-order valence-electron chi connectivity index (χ0n) is 14.3. The molecular formula is C19H32ClNO2. The number of carbonyl (C=O) groups is 1. The molecule has 0 saturated carbocycles. The number of hydrogen-bond acceptors (Lipinski definition) is 3. The van der Waals surface area contributed by atoms with Crippen LogP contribution in [0.1, 0.15) is 70.3 Å². The minimum absolute atomic E-state index is 0. The largest absolute Gasteiger partial charge is 0.460 e. The van der Waals surface area contributed by atoms with Crippen LogP contribution in [-0.2, 0) is 16.1 Å². The Kier molecular flexibility index (Phi) is 13.9. The van der Waals surface area contributed by atoms with Crippen molar-refractivity contribution >= 4 is 18.4 Å². The number of ether oxygens (including phenoxy) is 1. The summed E-state index contributed by atoms with van der Waals surface area (Å²) in [5.74, 6) is -0.285. The first kappa shape index (κ1) is 21.9. The Labute approximate surface area is 147 Å². The number of benzene rings is 1. The molecule has 0 aliphatic rings. The summed E-state index contributed by atoms with van der Waals surface area (Å²) in [6, 6.07) is 9.21. The third kappa shape index (κ3) is 11.2. The smallest absolute Gasteiger partial charge is 0.323 e. The average Bonchev–Trinajstić information content (AvgIpc) is 2.55. The monoisotopic (exact) mass is 341 g/mol. The van der Waals surface area contributed by atoms with Crippen molar-refractivity contribution in [1.29, 1.82) is 0 Å². The Hall–Kier alpha value is -1.06. The van der Waals surface area contributed by atoms with Gasteiger partial charge < -0.3 is 10.5 Å². The van der Waals surface area contributed by atoms with E-state index in [1.165, 1.54) is 38.5 Å². The van der Waals surface area contributed by atoms with Gasteiger partial charge in [-0.25, -0.2) is 0 Å². The van der Waals surface area contributed by atoms with E-state index in [1.807, 2.05) is 30.3 Å². The van der Waals surface area contributed by atoms with Crippen LogP contribution in [0.3, 0.4) is 0 Å². The van der Waals surface area contributed by atoms with Crippen LogP contribution >= 0.6 is 12.4 Å². The van der Waals surface area contributed by atoms with Gasteiger partial charge in [-0.1, -0.05) is 88.6 Å². The summed E-state index contributed by atoms with van der Waals surface area (Å²) < 4.78 is 5.25. The highest BCUT2D eigenvalue weighted by Crippen LogP contribution is 2.11. The van der Waals surface area contributed by atoms with Gasteiger partial charge in [0.1, 0.15) is 12.6 Å². The topological polar surface area (TPSA) is 52.3 Å². The molecule has 0 amide bonds. The number of hydrogen-bond donors (Lipinski definition) is 1. The Balaban J connectivity index is 0.00000484. The lowest BCUT2D eigenvalue weighted by Gasteiger charge is -2.11. The molecule has 0 radical (unpaired) electrons. The van der Waals surface area contributed by atoms with Crippen molar-refractivity contribution in [3.8, 4) is 0 Å². The molecule has 1 atom stereocenters. The molecule has 0 spiro atoms. The van der Waals surface area contributed by atoms with Crippen LogP contribution in [0, 0.1) is 0 Å². The summed E-state index contributed by atoms with van der Waals surface area (Å²) >= 11 is 0. The van der Waals surface area contributed by atoms with Gasteiger partial charge in [-0.2, -0.15) is 0 Å². The minimum Gasteiger partial charge on any atom is -0.460 e. The number of halogens is 1. The van der Waals surface area contributed by atoms with Crippen LogP contribution in [0.25, 0.3) is 0 Å². The summed E-state index contributed by atoms with van der Waals surface area (Å²) in [7, 11) is 0. The third-order valence-electron chi connectivity index (χ3n) is 3.90. The summed E-state index contributed by atoms with van der Waals surface area (Å²) in [5, 5.41) is 0. The Bertz CT molecular complexity index is 398. The van der Waals surface area contributed by atoms with Crippen molar-refractivity contribution in [2.24, 2.45) is 5.73 Å². The van der Waals surface area contributed by atoms with Crippen LogP contribution in [0.4, 0.5) is 0 Å². The van der Waals surface area contributed by atoms with Gasteiger partial charge in [0, 0.05) is 0 Å². The van der Waals surface area contributed by atoms with Crippen molar-refractivity contribution in [3.63, 3.8) is 0 Å². The maximum absolute atomic E-state index is 11.8. The molecule has 132 valence electrons. The van der Waals surface area contributed by atoms with E-state index in [-0.39, 0.29) is 18.4 Å². The molecule has 23 heavy (non-hydrogen) atoms. The molecule has 1 aromatic carbocycles. The second-order valence-electron chi connectivity index (χ2n) is 5.96. The van der Waals surface area contributed by atoms with Crippen molar-refractivity contribution < 1.29 is 9.53 Å². The van der Waals surface area contributed by atoms with Crippen LogP contribution in [0.15, 0.2) is 30.3 Å². The number of unbranched alkanes of at least 4 members (excludes halogenated alkanes) is 7. The van der Waals surface area contributed by atoms with E-state index in [0.717, 1.165) is 24.8 Å². The van der Waals surface area contributed by atoms with Gasteiger partial charge in [0.15, 0.2) is 0 Å². The van der Waals surface area contributed by atoms with Crippen molar-refractivity contribution in [2.75, 3.05) is 0 Å². The molecule has 3 nitrogen and oxygen atoms in total. The normalized spacial score (nSPS) is 11.6. The molecule has 0 saturated heterocycles. The predicted molar refractivity (Wildman–Crippen MR) is 98.7 cm³/mol. The van der Waals surface area contributed by atoms with Crippen molar-refractivity contribution in [2.45, 2.75) is 77.4 Å². The Morgan fingerprint density at radius 3 is 2.17 bits per heavy atom. The van der Waals surface area contributed by atoms with E-state index >= 15 is 0 Å². The summed E-state index contributed by atoms with van der Waals surface area (Å²) in [6.07, 6.45) is 10.8. The fourth-order valence-electron chi connectivity index (χ4n) is 2.45. The highest BCUT2D eigenvalue weighted by molar-refractivity contribution is 5.85. The average molecular weight is 342 g/mol. The summed E-state index contributed by atoms with van der Waals surface area (Å²) in [6.45, 7) is 2.54. The molecular weight excluding hydrogens is 310 g/mol. The van der Waals surface area contributed by atoms with E-state index in [2.05, 4.69) is 6.92 Å². The van der Waals surface area contributed by atoms with E-state index < -0.39 is 6.04 Å². The zero-order valence-corrected chi connectivity index (χ0v) is 15.2. The lowest BCUT2D eigenvalue weighted by atomic mass is 10.1. The first-order valence-corrected chi connectivity index (χ1v) is 8.70. The zero-order chi connectivity index (χ0) is 16.0. The van der Waals surface area contributed by atoms with Gasteiger partial charge in [-0.05, 0) is 12.0 Å². The fraction of sp³-hybridized carbons (Fsp3) is 0.632. The maximum Gasteiger partial charge on any atom is 0.323 e. The first-order valence-electron chi connectivity index (χ1n) is 8.70. The number of esters is 1. The third-order valence-corrected chi connectivity index (χ3v) is 3.90. The van der Waals surface area contributed by atoms with Gasteiger partial charge >= 0.3 is 5.97 Å². The highest BCUT2D eigenvalue weighted by Gasteiger charge is 2.14. The summed E-state index contributed by atoms with van der Waals surface area (Å²) in [4.78, 5) is 11.8. The van der Waals surface area contributed by atoms with Crippen molar-refractivity contribution in [1.82, 2.24) is 0 Å². The molecule has 1 rings (SSSR count). The van der Waals surface area contributed by atoms with E-state index in [4.69, 9.17) is 10.5 Å². The molecule has 0 aliphatic heterocycles. The number of carbonyl (C=O) groups excluding carboxylic acids is 1. The molecule has 0 aliphatic carbocycles. The second kappa shape index (κ2) is 14.5. The van der Waals surface area contributed by atoms with Crippen LogP contribution in [0.2, 0.25) is 0 Å². The molecule has 1 aromatic rings. The van der Waals surface area contributed by atoms with E-state index in [0.29, 0.717) is 6.61 Å². The second-order valence-corrected chi connectivity index (χ2v) is 5.96. The van der Waals surface area contributed by atoms with E-state index in [1.54, 1.807) is 0 Å². The summed E-state index contributed by atoms with van der Waals surface area (Å²) in [5.41, 5.74) is 6.88. The molecule has 4 heteroatoms. The number of rotatable bonds is 12. The quantitative estimate of drug-likeness (QED) is 0.429. The Morgan fingerprint density at radius 2 is 1.57 bits per heavy atom. The standard InChI is InChI=1S/C19H31NO2.ClH/c1-2-3-4-5-6-7-8-12-15-18(20)19(21)22-16-17-13-10-9-11-14-17;/h9-11,13-14,18H,2-8,12,15-16,20H2,1H3;1H. The van der Waals surface area contributed by atoms with E-state index in [9.17, 15) is 4.79 Å². The van der Waals surface area contributed by atoms with Gasteiger partial charge in [0.25, 0.3) is 0 Å². The SMILES string of the molecule is CCCCCCCCCCC(N)C(=O)OCc1ccccc1.Cl. The lowest BCUT2D eigenvalue weighted by Crippen LogP contribution is -2.32. The first-order chi connectivity index (χ1) is 10.7. The highest BCUT2D eigenvalue weighted by atomic mass is 35.5. The van der Waals surface area contributed by atoms with Gasteiger partial charge in [-0.3, -0.25) is 4.79 Å². The fourth-order valence-corrected chi connectivity index (χ4v) is 2.45. The molecule has 1 unspecified atom stereocenters. The van der Waals surface area contributed by atoms with Crippen LogP contribution < -0.4 is 5.73 Å². The molecule has 0 heterocycles. The van der Waals surface area contributed by atoms with Crippen LogP contribution in [-0.4, -0.2) is 12.0 Å². The van der Waals surface area contributed by atoms with Gasteiger partial charge in [-0.15, -0.1) is 12.4 Å². The lowest BCUT2D eigenvalue weighted by molar-refractivity contribution is -0.146. The minimum atomic E-state index is -0.483. The molecule has 0 fully saturated rings. The maximum atomic E-state index is 11.8. The molecule has 0 bridgehead atoms. The Morgan fingerprint density at radius 1 is 1.00 bits per heavy atom. The van der Waals surface area contributed by atoms with Gasteiger partial charge in [0.05, 0.1) is 0 Å². The van der Waals surface area contributed by atoms with Crippen molar-refractivity contribution in [3.05, 3.63) is 35.9 Å². The predicted octanol–water partition coefficient (Wildman–Crippen LogP) is 5.01. The molecule has 2 N–H and O–H groups in total. The van der Waals surface area contributed by atoms with Crippen LogP contribution in [0.5, 0.6) is 0 Å².